The predicted octanol–water partition coefficient (Wildman–Crippen LogP) is 6.58. The van der Waals surface area contributed by atoms with Gasteiger partial charge in [-0.1, -0.05) is 38.8 Å². The lowest BCUT2D eigenvalue weighted by Gasteiger charge is -2.21. The molecular formula is C33H38N4O3. The van der Waals surface area contributed by atoms with E-state index in [2.05, 4.69) is 39.6 Å². The highest BCUT2D eigenvalue weighted by Crippen LogP contribution is 2.31. The molecular weight excluding hydrogens is 500 g/mol. The van der Waals surface area contributed by atoms with Gasteiger partial charge in [-0.2, -0.15) is 0 Å². The molecule has 7 heteroatoms. The van der Waals surface area contributed by atoms with E-state index in [-0.39, 0.29) is 17.9 Å². The molecule has 0 unspecified atom stereocenters. The zero-order valence-electron chi connectivity index (χ0n) is 23.8. The first kappa shape index (κ1) is 27.4. The fourth-order valence-corrected chi connectivity index (χ4v) is 5.63. The molecule has 2 heterocycles. The monoisotopic (exact) mass is 538 g/mol. The minimum absolute atomic E-state index is 0.0542. The van der Waals surface area contributed by atoms with Crippen LogP contribution in [0.3, 0.4) is 0 Å². The summed E-state index contributed by atoms with van der Waals surface area (Å²) in [5.41, 5.74) is 7.07. The summed E-state index contributed by atoms with van der Waals surface area (Å²) < 4.78 is 6.00. The first-order valence-corrected chi connectivity index (χ1v) is 14.4. The number of fused-ring (bicyclic) bond motifs is 2. The lowest BCUT2D eigenvalue weighted by molar-refractivity contribution is 0.0732. The van der Waals surface area contributed by atoms with Crippen molar-refractivity contribution in [3.8, 4) is 16.9 Å². The van der Waals surface area contributed by atoms with E-state index in [1.807, 2.05) is 50.8 Å². The van der Waals surface area contributed by atoms with E-state index in [9.17, 15) is 9.59 Å². The van der Waals surface area contributed by atoms with Gasteiger partial charge in [-0.3, -0.25) is 9.59 Å². The van der Waals surface area contributed by atoms with Crippen LogP contribution in [0.4, 0.5) is 0 Å². The van der Waals surface area contributed by atoms with Gasteiger partial charge < -0.3 is 19.9 Å². The third kappa shape index (κ3) is 5.74. The molecule has 0 atom stereocenters. The molecule has 0 radical (unpaired) electrons. The maximum absolute atomic E-state index is 13.5. The number of amides is 2. The minimum atomic E-state index is -0.0629. The summed E-state index contributed by atoms with van der Waals surface area (Å²) >= 11 is 0. The second-order valence-corrected chi connectivity index (χ2v) is 10.4. The third-order valence-corrected chi connectivity index (χ3v) is 7.67. The maximum atomic E-state index is 13.5. The molecule has 7 nitrogen and oxygen atoms in total. The lowest BCUT2D eigenvalue weighted by atomic mass is 10.0. The Kier molecular flexibility index (Phi) is 8.19. The molecule has 6 rings (SSSR count). The smallest absolute Gasteiger partial charge is 0.254 e. The molecule has 0 spiro atoms. The Morgan fingerprint density at radius 3 is 2.50 bits per heavy atom. The van der Waals surface area contributed by atoms with E-state index in [0.717, 1.165) is 57.7 Å². The highest BCUT2D eigenvalue weighted by Gasteiger charge is 2.24. The molecule has 0 bridgehead atoms. The van der Waals surface area contributed by atoms with Crippen LogP contribution in [0.2, 0.25) is 0 Å². The van der Waals surface area contributed by atoms with Gasteiger partial charge in [0.15, 0.2) is 0 Å². The van der Waals surface area contributed by atoms with E-state index in [0.29, 0.717) is 30.8 Å². The number of hydrogen-bond acceptors (Lipinski definition) is 4. The maximum Gasteiger partial charge on any atom is 0.254 e. The van der Waals surface area contributed by atoms with Crippen LogP contribution in [0.25, 0.3) is 22.2 Å². The summed E-state index contributed by atoms with van der Waals surface area (Å²) in [7, 11) is 0. The Labute approximate surface area is 236 Å². The van der Waals surface area contributed by atoms with Gasteiger partial charge in [0.1, 0.15) is 18.2 Å². The molecule has 2 N–H and O–H groups in total. The van der Waals surface area contributed by atoms with Gasteiger partial charge in [-0.05, 0) is 85.8 Å². The van der Waals surface area contributed by atoms with Gasteiger partial charge in [0.25, 0.3) is 11.8 Å². The van der Waals surface area contributed by atoms with Crippen molar-refractivity contribution in [1.29, 1.82) is 0 Å². The number of carbonyl (C=O) groups is 2. The van der Waals surface area contributed by atoms with Crippen molar-refractivity contribution in [3.63, 3.8) is 0 Å². The second kappa shape index (κ2) is 11.9. The van der Waals surface area contributed by atoms with Crippen molar-refractivity contribution in [1.82, 2.24) is 20.2 Å². The van der Waals surface area contributed by atoms with Crippen molar-refractivity contribution in [3.05, 3.63) is 82.7 Å². The molecule has 1 saturated carbocycles. The summed E-state index contributed by atoms with van der Waals surface area (Å²) in [5, 5.41) is 3.14. The van der Waals surface area contributed by atoms with Gasteiger partial charge in [-0.25, -0.2) is 4.98 Å². The Hall–Kier alpha value is -4.13. The number of hydrogen-bond donors (Lipinski definition) is 2. The predicted molar refractivity (Wildman–Crippen MR) is 159 cm³/mol. The average Bonchev–Trinajstić information content (AvgIpc) is 3.55. The van der Waals surface area contributed by atoms with Gasteiger partial charge in [0, 0.05) is 29.3 Å². The van der Waals surface area contributed by atoms with Crippen molar-refractivity contribution in [2.75, 3.05) is 13.2 Å². The minimum Gasteiger partial charge on any atom is -0.491 e. The number of imidazole rings is 1. The zero-order chi connectivity index (χ0) is 28.2. The van der Waals surface area contributed by atoms with Crippen LogP contribution >= 0.6 is 0 Å². The zero-order valence-corrected chi connectivity index (χ0v) is 23.8. The van der Waals surface area contributed by atoms with Crippen LogP contribution in [-0.2, 0) is 6.54 Å². The number of aryl methyl sites for hydroxylation is 2. The van der Waals surface area contributed by atoms with Crippen molar-refractivity contribution < 1.29 is 14.3 Å². The van der Waals surface area contributed by atoms with Crippen molar-refractivity contribution >= 4 is 22.8 Å². The number of aromatic nitrogens is 2. The van der Waals surface area contributed by atoms with Gasteiger partial charge in [0.05, 0.1) is 17.6 Å². The second-order valence-electron chi connectivity index (χ2n) is 10.4. The van der Waals surface area contributed by atoms with Crippen LogP contribution in [0, 0.1) is 13.8 Å². The van der Waals surface area contributed by atoms with Gasteiger partial charge in [-0.15, -0.1) is 0 Å². The summed E-state index contributed by atoms with van der Waals surface area (Å²) in [5.74, 6) is 1.57. The molecule has 208 valence electrons. The molecule has 1 aromatic heterocycles. The standard InChI is InChI=1S/C31H32N4O3.C2H6/c1-19-15-23(7-10-26(19)30(36)34-25-5-3-4-6-25)31(37)35-13-14-38-29-12-9-21(16-24(29)18-35)22-8-11-27-28(17-22)33-20(2)32-27;1-2/h7-12,15-17,25H,3-6,13-14,18H2,1-2H3,(H,32,33)(H,34,36);1-2H3. The number of rotatable bonds is 4. The Morgan fingerprint density at radius 2 is 1.73 bits per heavy atom. The van der Waals surface area contributed by atoms with Crippen LogP contribution in [0.1, 0.15) is 77.2 Å². The number of aromatic amines is 1. The molecule has 2 amide bonds. The first-order chi connectivity index (χ1) is 19.4. The van der Waals surface area contributed by atoms with E-state index in [4.69, 9.17) is 4.74 Å². The highest BCUT2D eigenvalue weighted by atomic mass is 16.5. The van der Waals surface area contributed by atoms with Crippen LogP contribution < -0.4 is 10.1 Å². The summed E-state index contributed by atoms with van der Waals surface area (Å²) in [6.45, 7) is 9.22. The number of nitrogens with one attached hydrogen (secondary N) is 2. The number of H-pyrrole nitrogens is 1. The van der Waals surface area contributed by atoms with E-state index in [1.54, 1.807) is 12.1 Å². The van der Waals surface area contributed by atoms with Crippen molar-refractivity contribution in [2.45, 2.75) is 66.0 Å². The quantitative estimate of drug-likeness (QED) is 0.307. The molecule has 3 aromatic carbocycles. The van der Waals surface area contributed by atoms with E-state index < -0.39 is 0 Å². The van der Waals surface area contributed by atoms with Gasteiger partial charge >= 0.3 is 0 Å². The fourth-order valence-electron chi connectivity index (χ4n) is 5.63. The van der Waals surface area contributed by atoms with E-state index >= 15 is 0 Å². The fraction of sp³-hybridized carbons (Fsp3) is 0.364. The van der Waals surface area contributed by atoms with Crippen molar-refractivity contribution in [2.24, 2.45) is 0 Å². The van der Waals surface area contributed by atoms with E-state index in [1.165, 1.54) is 12.8 Å². The van der Waals surface area contributed by atoms with Crippen LogP contribution in [0.5, 0.6) is 5.75 Å². The van der Waals surface area contributed by atoms with Crippen LogP contribution in [-0.4, -0.2) is 45.9 Å². The van der Waals surface area contributed by atoms with Gasteiger partial charge in [0.2, 0.25) is 0 Å². The normalized spacial score (nSPS) is 15.1. The highest BCUT2D eigenvalue weighted by molar-refractivity contribution is 5.99. The molecule has 1 fully saturated rings. The first-order valence-electron chi connectivity index (χ1n) is 14.4. The number of ether oxygens (including phenoxy) is 1. The molecule has 40 heavy (non-hydrogen) atoms. The molecule has 1 aliphatic carbocycles. The topological polar surface area (TPSA) is 87.3 Å². The SMILES string of the molecule is CC.Cc1nc2ccc(-c3ccc4c(c3)CN(C(=O)c3ccc(C(=O)NC5CCCC5)c(C)c3)CCO4)cc2[nH]1. The summed E-state index contributed by atoms with van der Waals surface area (Å²) in [6, 6.07) is 18.0. The number of benzene rings is 3. The number of nitrogens with zero attached hydrogens (tertiary/aromatic N) is 2. The third-order valence-electron chi connectivity index (χ3n) is 7.67. The Bertz CT molecular complexity index is 1530. The largest absolute Gasteiger partial charge is 0.491 e. The van der Waals surface area contributed by atoms with Crippen LogP contribution in [0.15, 0.2) is 54.6 Å². The number of carbonyl (C=O) groups excluding carboxylic acids is 2. The lowest BCUT2D eigenvalue weighted by Crippen LogP contribution is -2.34. The molecule has 0 saturated heterocycles. The molecule has 2 aliphatic rings. The summed E-state index contributed by atoms with van der Waals surface area (Å²) in [6.07, 6.45) is 4.42. The Balaban J connectivity index is 0.00000158. The summed E-state index contributed by atoms with van der Waals surface area (Å²) in [4.78, 5) is 35.9. The molecule has 4 aromatic rings. The average molecular weight is 539 g/mol. The Morgan fingerprint density at radius 1 is 0.975 bits per heavy atom. The molecule has 1 aliphatic heterocycles.